The number of nitrogens with one attached hydrogen (secondary N) is 1. The van der Waals surface area contributed by atoms with Crippen molar-refractivity contribution in [3.8, 4) is 0 Å². The van der Waals surface area contributed by atoms with Gasteiger partial charge in [-0.1, -0.05) is 35.7 Å². The Labute approximate surface area is 126 Å². The monoisotopic (exact) mass is 300 g/mol. The molecule has 0 bridgehead atoms. The van der Waals surface area contributed by atoms with Gasteiger partial charge in [-0.05, 0) is 50.6 Å². The minimum absolute atomic E-state index is 0.477. The summed E-state index contributed by atoms with van der Waals surface area (Å²) >= 11 is 12.1. The zero-order chi connectivity index (χ0) is 13.7. The quantitative estimate of drug-likeness (QED) is 0.885. The third-order valence-electron chi connectivity index (χ3n) is 3.64. The Kier molecular flexibility index (Phi) is 5.96. The van der Waals surface area contributed by atoms with Crippen LogP contribution in [0.5, 0.6) is 0 Å². The molecule has 106 valence electrons. The van der Waals surface area contributed by atoms with Crippen molar-refractivity contribution in [3.63, 3.8) is 0 Å². The topological polar surface area (TPSA) is 15.3 Å². The van der Waals surface area contributed by atoms with Crippen LogP contribution < -0.4 is 5.32 Å². The lowest BCUT2D eigenvalue weighted by Gasteiger charge is -2.29. The second-order valence-corrected chi connectivity index (χ2v) is 6.22. The molecule has 19 heavy (non-hydrogen) atoms. The number of hydrogen-bond acceptors (Lipinski definition) is 2. The molecule has 1 unspecified atom stereocenters. The van der Waals surface area contributed by atoms with Crippen LogP contribution in [0.1, 0.15) is 31.7 Å². The Balaban J connectivity index is 1.77. The molecule has 0 spiro atoms. The van der Waals surface area contributed by atoms with Gasteiger partial charge in [0, 0.05) is 29.2 Å². The van der Waals surface area contributed by atoms with Gasteiger partial charge >= 0.3 is 0 Å². The first kappa shape index (κ1) is 15.1. The molecular formula is C15H22Cl2N2. The molecule has 1 atom stereocenters. The van der Waals surface area contributed by atoms with Gasteiger partial charge in [-0.2, -0.15) is 0 Å². The fourth-order valence-electron chi connectivity index (χ4n) is 2.54. The molecule has 2 nitrogen and oxygen atoms in total. The molecule has 0 aromatic heterocycles. The average Bonchev–Trinajstić information content (AvgIpc) is 2.39. The maximum absolute atomic E-state index is 6.17. The van der Waals surface area contributed by atoms with Crippen LogP contribution >= 0.6 is 23.2 Å². The van der Waals surface area contributed by atoms with E-state index in [1.54, 1.807) is 6.07 Å². The average molecular weight is 301 g/mol. The van der Waals surface area contributed by atoms with Gasteiger partial charge in [0.15, 0.2) is 0 Å². The zero-order valence-corrected chi connectivity index (χ0v) is 13.0. The first-order valence-corrected chi connectivity index (χ1v) is 7.80. The lowest BCUT2D eigenvalue weighted by atomic mass is 10.1. The van der Waals surface area contributed by atoms with Crippen molar-refractivity contribution in [2.75, 3.05) is 19.6 Å². The van der Waals surface area contributed by atoms with Crippen molar-refractivity contribution < 1.29 is 0 Å². The molecule has 4 heteroatoms. The summed E-state index contributed by atoms with van der Waals surface area (Å²) < 4.78 is 0. The number of halogens is 2. The summed E-state index contributed by atoms with van der Waals surface area (Å²) in [6, 6.07) is 6.16. The van der Waals surface area contributed by atoms with Crippen molar-refractivity contribution >= 4 is 23.2 Å². The summed E-state index contributed by atoms with van der Waals surface area (Å²) in [5, 5.41) is 4.97. The molecule has 0 saturated carbocycles. The molecule has 1 aromatic carbocycles. The maximum Gasteiger partial charge on any atom is 0.0465 e. The Bertz CT molecular complexity index is 403. The standard InChI is InChI=1S/C15H22Cl2N2/c1-12(11-19-7-3-2-4-8-19)18-10-13-5-6-14(16)9-15(13)17/h5-6,9,12,18H,2-4,7-8,10-11H2,1H3. The molecule has 0 aliphatic carbocycles. The Morgan fingerprint density at radius 3 is 2.63 bits per heavy atom. The van der Waals surface area contributed by atoms with Gasteiger partial charge in [-0.25, -0.2) is 0 Å². The smallest absolute Gasteiger partial charge is 0.0465 e. The minimum Gasteiger partial charge on any atom is -0.309 e. The first-order chi connectivity index (χ1) is 9.15. The number of rotatable bonds is 5. The molecule has 1 aliphatic rings. The van der Waals surface area contributed by atoms with Crippen LogP contribution in [0.2, 0.25) is 10.0 Å². The Morgan fingerprint density at radius 2 is 1.95 bits per heavy atom. The number of piperidine rings is 1. The summed E-state index contributed by atoms with van der Waals surface area (Å²) in [5.41, 5.74) is 1.11. The number of hydrogen-bond donors (Lipinski definition) is 1. The van der Waals surface area contributed by atoms with Crippen molar-refractivity contribution in [2.24, 2.45) is 0 Å². The second-order valence-electron chi connectivity index (χ2n) is 5.38. The van der Waals surface area contributed by atoms with Gasteiger partial charge < -0.3 is 10.2 Å². The van der Waals surface area contributed by atoms with Crippen molar-refractivity contribution in [3.05, 3.63) is 33.8 Å². The fraction of sp³-hybridized carbons (Fsp3) is 0.600. The summed E-state index contributed by atoms with van der Waals surface area (Å²) in [4.78, 5) is 2.55. The summed E-state index contributed by atoms with van der Waals surface area (Å²) in [5.74, 6) is 0. The van der Waals surface area contributed by atoms with Crippen LogP contribution in [-0.4, -0.2) is 30.6 Å². The fourth-order valence-corrected chi connectivity index (χ4v) is 3.02. The largest absolute Gasteiger partial charge is 0.309 e. The Hall–Kier alpha value is -0.280. The van der Waals surface area contributed by atoms with Gasteiger partial charge in [0.05, 0.1) is 0 Å². The molecule has 1 aromatic rings. The van der Waals surface area contributed by atoms with Gasteiger partial charge in [0.2, 0.25) is 0 Å². The molecule has 1 fully saturated rings. The number of likely N-dealkylation sites (tertiary alicyclic amines) is 1. The summed E-state index contributed by atoms with van der Waals surface area (Å²) in [6.45, 7) is 6.64. The van der Waals surface area contributed by atoms with E-state index in [1.807, 2.05) is 12.1 Å². The third-order valence-corrected chi connectivity index (χ3v) is 4.22. The van der Waals surface area contributed by atoms with Crippen molar-refractivity contribution in [2.45, 2.75) is 38.8 Å². The molecule has 1 saturated heterocycles. The van der Waals surface area contributed by atoms with E-state index in [0.717, 1.165) is 23.7 Å². The lowest BCUT2D eigenvalue weighted by molar-refractivity contribution is 0.209. The molecular weight excluding hydrogens is 279 g/mol. The minimum atomic E-state index is 0.477. The Morgan fingerprint density at radius 1 is 1.21 bits per heavy atom. The van der Waals surface area contributed by atoms with E-state index in [9.17, 15) is 0 Å². The van der Waals surface area contributed by atoms with E-state index in [4.69, 9.17) is 23.2 Å². The van der Waals surface area contributed by atoms with E-state index in [-0.39, 0.29) is 0 Å². The highest BCUT2D eigenvalue weighted by molar-refractivity contribution is 6.35. The van der Waals surface area contributed by atoms with Crippen molar-refractivity contribution in [1.82, 2.24) is 10.2 Å². The SMILES string of the molecule is CC(CN1CCCCC1)NCc1ccc(Cl)cc1Cl. The molecule has 0 amide bonds. The molecule has 1 aliphatic heterocycles. The summed E-state index contributed by atoms with van der Waals surface area (Å²) in [7, 11) is 0. The van der Waals surface area contributed by atoms with E-state index in [2.05, 4.69) is 17.1 Å². The van der Waals surface area contributed by atoms with Crippen LogP contribution in [0.15, 0.2) is 18.2 Å². The zero-order valence-electron chi connectivity index (χ0n) is 11.5. The number of nitrogens with zero attached hydrogens (tertiary/aromatic N) is 1. The predicted molar refractivity (Wildman–Crippen MR) is 83.1 cm³/mol. The second kappa shape index (κ2) is 7.49. The number of benzene rings is 1. The van der Waals surface area contributed by atoms with Crippen LogP contribution in [0, 0.1) is 0 Å². The highest BCUT2D eigenvalue weighted by Gasteiger charge is 2.13. The summed E-state index contributed by atoms with van der Waals surface area (Å²) in [6.07, 6.45) is 4.07. The van der Waals surface area contributed by atoms with Gasteiger partial charge in [0.1, 0.15) is 0 Å². The van der Waals surface area contributed by atoms with Gasteiger partial charge in [-0.3, -0.25) is 0 Å². The first-order valence-electron chi connectivity index (χ1n) is 7.05. The molecule has 2 rings (SSSR count). The normalized spacial score (nSPS) is 18.5. The highest BCUT2D eigenvalue weighted by atomic mass is 35.5. The third kappa shape index (κ3) is 4.96. The molecule has 1 N–H and O–H groups in total. The van der Waals surface area contributed by atoms with E-state index in [0.29, 0.717) is 11.1 Å². The van der Waals surface area contributed by atoms with E-state index >= 15 is 0 Å². The van der Waals surface area contributed by atoms with Gasteiger partial charge in [-0.15, -0.1) is 0 Å². The van der Waals surface area contributed by atoms with Gasteiger partial charge in [0.25, 0.3) is 0 Å². The van der Waals surface area contributed by atoms with E-state index < -0.39 is 0 Å². The molecule has 1 heterocycles. The molecule has 0 radical (unpaired) electrons. The van der Waals surface area contributed by atoms with Crippen LogP contribution in [0.4, 0.5) is 0 Å². The van der Waals surface area contributed by atoms with E-state index in [1.165, 1.54) is 32.4 Å². The maximum atomic E-state index is 6.17. The van der Waals surface area contributed by atoms with Crippen LogP contribution in [-0.2, 0) is 6.54 Å². The lowest BCUT2D eigenvalue weighted by Crippen LogP contribution is -2.41. The van der Waals surface area contributed by atoms with Crippen molar-refractivity contribution in [1.29, 1.82) is 0 Å². The van der Waals surface area contributed by atoms with Crippen LogP contribution in [0.25, 0.3) is 0 Å². The van der Waals surface area contributed by atoms with Crippen LogP contribution in [0.3, 0.4) is 0 Å². The highest BCUT2D eigenvalue weighted by Crippen LogP contribution is 2.20. The predicted octanol–water partition coefficient (Wildman–Crippen LogP) is 3.96.